The van der Waals surface area contributed by atoms with Crippen LogP contribution in [0.3, 0.4) is 0 Å². The van der Waals surface area contributed by atoms with Crippen molar-refractivity contribution in [1.82, 2.24) is 10.3 Å². The van der Waals surface area contributed by atoms with E-state index in [9.17, 15) is 4.79 Å². The van der Waals surface area contributed by atoms with Gasteiger partial charge in [-0.2, -0.15) is 0 Å². The van der Waals surface area contributed by atoms with Crippen molar-refractivity contribution in [1.29, 1.82) is 0 Å². The molecule has 0 unspecified atom stereocenters. The number of hydrogen-bond acceptors (Lipinski definition) is 3. The van der Waals surface area contributed by atoms with Gasteiger partial charge in [0, 0.05) is 18.9 Å². The summed E-state index contributed by atoms with van der Waals surface area (Å²) >= 11 is 0. The smallest absolute Gasteiger partial charge is 0.253 e. The first-order chi connectivity index (χ1) is 9.29. The van der Waals surface area contributed by atoms with Gasteiger partial charge in [0.25, 0.3) is 5.91 Å². The van der Waals surface area contributed by atoms with Gasteiger partial charge in [-0.1, -0.05) is 24.3 Å². The summed E-state index contributed by atoms with van der Waals surface area (Å²) in [5, 5.41) is 2.86. The third kappa shape index (κ3) is 3.89. The number of carbonyl (C=O) groups excluding carboxylic acids is 1. The molecule has 0 radical (unpaired) electrons. The highest BCUT2D eigenvalue weighted by Crippen LogP contribution is 2.05. The molecule has 0 bridgehead atoms. The van der Waals surface area contributed by atoms with E-state index in [1.807, 2.05) is 24.3 Å². The van der Waals surface area contributed by atoms with Gasteiger partial charge in [0.05, 0.1) is 5.56 Å². The number of nitrogens with two attached hydrogens (primary N) is 1. The Morgan fingerprint density at radius 2 is 1.89 bits per heavy atom. The SMILES string of the molecule is NCCc1ccc(CNC(=O)c2cccnc2)cc1. The van der Waals surface area contributed by atoms with E-state index in [4.69, 9.17) is 5.73 Å². The maximum Gasteiger partial charge on any atom is 0.253 e. The maximum absolute atomic E-state index is 11.8. The summed E-state index contributed by atoms with van der Waals surface area (Å²) in [6, 6.07) is 11.6. The van der Waals surface area contributed by atoms with Crippen LogP contribution in [0.25, 0.3) is 0 Å². The van der Waals surface area contributed by atoms with Gasteiger partial charge in [0.1, 0.15) is 0 Å². The second-order valence-corrected chi connectivity index (χ2v) is 4.28. The molecule has 0 aliphatic heterocycles. The summed E-state index contributed by atoms with van der Waals surface area (Å²) in [6.07, 6.45) is 4.08. The lowest BCUT2D eigenvalue weighted by Gasteiger charge is -2.06. The topological polar surface area (TPSA) is 68.0 Å². The number of nitrogens with zero attached hydrogens (tertiary/aromatic N) is 1. The summed E-state index contributed by atoms with van der Waals surface area (Å²) < 4.78 is 0. The fourth-order valence-electron chi connectivity index (χ4n) is 1.77. The monoisotopic (exact) mass is 255 g/mol. The van der Waals surface area contributed by atoms with Gasteiger partial charge in [-0.25, -0.2) is 0 Å². The van der Waals surface area contributed by atoms with Crippen LogP contribution in [0.2, 0.25) is 0 Å². The molecule has 2 rings (SSSR count). The van der Waals surface area contributed by atoms with Crippen molar-refractivity contribution in [3.63, 3.8) is 0 Å². The molecule has 0 fully saturated rings. The number of aromatic nitrogens is 1. The fraction of sp³-hybridized carbons (Fsp3) is 0.200. The molecule has 2 aromatic rings. The van der Waals surface area contributed by atoms with Gasteiger partial charge < -0.3 is 11.1 Å². The number of amides is 1. The lowest BCUT2D eigenvalue weighted by Crippen LogP contribution is -2.22. The molecule has 0 spiro atoms. The fourth-order valence-corrected chi connectivity index (χ4v) is 1.77. The van der Waals surface area contributed by atoms with E-state index in [1.54, 1.807) is 24.5 Å². The molecule has 0 atom stereocenters. The van der Waals surface area contributed by atoms with Crippen molar-refractivity contribution < 1.29 is 4.79 Å². The van der Waals surface area contributed by atoms with Crippen LogP contribution in [0, 0.1) is 0 Å². The molecule has 1 aromatic heterocycles. The predicted molar refractivity (Wildman–Crippen MR) is 74.6 cm³/mol. The number of benzene rings is 1. The second kappa shape index (κ2) is 6.66. The first-order valence-electron chi connectivity index (χ1n) is 6.25. The Balaban J connectivity index is 1.90. The molecule has 4 heteroatoms. The quantitative estimate of drug-likeness (QED) is 0.851. The summed E-state index contributed by atoms with van der Waals surface area (Å²) in [6.45, 7) is 1.16. The van der Waals surface area contributed by atoms with Gasteiger partial charge in [0.15, 0.2) is 0 Å². The average Bonchev–Trinajstić information content (AvgIpc) is 2.47. The zero-order valence-corrected chi connectivity index (χ0v) is 10.7. The van der Waals surface area contributed by atoms with Gasteiger partial charge in [-0.15, -0.1) is 0 Å². The van der Waals surface area contributed by atoms with E-state index in [-0.39, 0.29) is 5.91 Å². The van der Waals surface area contributed by atoms with E-state index in [0.29, 0.717) is 18.7 Å². The molecule has 0 aliphatic rings. The Bertz CT molecular complexity index is 523. The standard InChI is InChI=1S/C15H17N3O/c16-8-7-12-3-5-13(6-4-12)10-18-15(19)14-2-1-9-17-11-14/h1-6,9,11H,7-8,10,16H2,(H,18,19). The maximum atomic E-state index is 11.8. The van der Waals surface area contributed by atoms with Crippen LogP contribution in [-0.2, 0) is 13.0 Å². The Kier molecular flexibility index (Phi) is 4.64. The number of pyridine rings is 1. The highest BCUT2D eigenvalue weighted by Gasteiger charge is 2.04. The van der Waals surface area contributed by atoms with Gasteiger partial charge in [-0.3, -0.25) is 9.78 Å². The first kappa shape index (κ1) is 13.2. The van der Waals surface area contributed by atoms with Crippen molar-refractivity contribution in [3.05, 3.63) is 65.5 Å². The third-order valence-corrected chi connectivity index (χ3v) is 2.83. The Morgan fingerprint density at radius 3 is 2.53 bits per heavy atom. The minimum Gasteiger partial charge on any atom is -0.348 e. The summed E-state index contributed by atoms with van der Waals surface area (Å²) in [7, 11) is 0. The number of nitrogens with one attached hydrogen (secondary N) is 1. The minimum absolute atomic E-state index is 0.112. The Hall–Kier alpha value is -2.20. The molecular formula is C15H17N3O. The van der Waals surface area contributed by atoms with Crippen molar-refractivity contribution >= 4 is 5.91 Å². The van der Waals surface area contributed by atoms with Crippen LogP contribution in [0.1, 0.15) is 21.5 Å². The minimum atomic E-state index is -0.112. The van der Waals surface area contributed by atoms with Crippen molar-refractivity contribution in [2.45, 2.75) is 13.0 Å². The third-order valence-electron chi connectivity index (χ3n) is 2.83. The Labute approximate surface area is 112 Å². The average molecular weight is 255 g/mol. The second-order valence-electron chi connectivity index (χ2n) is 4.28. The Morgan fingerprint density at radius 1 is 1.16 bits per heavy atom. The van der Waals surface area contributed by atoms with E-state index in [1.165, 1.54) is 5.56 Å². The summed E-state index contributed by atoms with van der Waals surface area (Å²) in [5.74, 6) is -0.112. The van der Waals surface area contributed by atoms with Crippen LogP contribution in [-0.4, -0.2) is 17.4 Å². The molecule has 0 saturated carbocycles. The van der Waals surface area contributed by atoms with Gasteiger partial charge in [-0.05, 0) is 36.2 Å². The zero-order chi connectivity index (χ0) is 13.5. The van der Waals surface area contributed by atoms with Crippen LogP contribution in [0.5, 0.6) is 0 Å². The molecule has 98 valence electrons. The van der Waals surface area contributed by atoms with Crippen LogP contribution >= 0.6 is 0 Å². The highest BCUT2D eigenvalue weighted by molar-refractivity contribution is 5.93. The summed E-state index contributed by atoms with van der Waals surface area (Å²) in [4.78, 5) is 15.7. The van der Waals surface area contributed by atoms with E-state index >= 15 is 0 Å². The molecule has 0 saturated heterocycles. The van der Waals surface area contributed by atoms with Gasteiger partial charge >= 0.3 is 0 Å². The molecule has 0 aliphatic carbocycles. The van der Waals surface area contributed by atoms with E-state index < -0.39 is 0 Å². The van der Waals surface area contributed by atoms with Crippen molar-refractivity contribution in [2.75, 3.05) is 6.54 Å². The number of hydrogen-bond donors (Lipinski definition) is 2. The zero-order valence-electron chi connectivity index (χ0n) is 10.7. The lowest BCUT2D eigenvalue weighted by atomic mass is 10.1. The summed E-state index contributed by atoms with van der Waals surface area (Å²) in [5.41, 5.74) is 8.35. The number of carbonyl (C=O) groups is 1. The van der Waals surface area contributed by atoms with Crippen LogP contribution in [0.4, 0.5) is 0 Å². The van der Waals surface area contributed by atoms with E-state index in [0.717, 1.165) is 12.0 Å². The highest BCUT2D eigenvalue weighted by atomic mass is 16.1. The number of rotatable bonds is 5. The van der Waals surface area contributed by atoms with Crippen molar-refractivity contribution in [3.8, 4) is 0 Å². The normalized spacial score (nSPS) is 10.2. The first-order valence-corrected chi connectivity index (χ1v) is 6.25. The van der Waals surface area contributed by atoms with E-state index in [2.05, 4.69) is 10.3 Å². The molecule has 1 heterocycles. The molecular weight excluding hydrogens is 238 g/mol. The molecule has 19 heavy (non-hydrogen) atoms. The predicted octanol–water partition coefficient (Wildman–Crippen LogP) is 1.51. The molecule has 3 N–H and O–H groups in total. The van der Waals surface area contributed by atoms with Gasteiger partial charge in [0.2, 0.25) is 0 Å². The van der Waals surface area contributed by atoms with Crippen LogP contribution < -0.4 is 11.1 Å². The molecule has 1 aromatic carbocycles. The largest absolute Gasteiger partial charge is 0.348 e. The lowest BCUT2D eigenvalue weighted by molar-refractivity contribution is 0.0950. The van der Waals surface area contributed by atoms with Crippen molar-refractivity contribution in [2.24, 2.45) is 5.73 Å². The molecule has 1 amide bonds. The molecule has 4 nitrogen and oxygen atoms in total. The van der Waals surface area contributed by atoms with Crippen LogP contribution in [0.15, 0.2) is 48.8 Å².